The topological polar surface area (TPSA) is 55.8 Å². The average molecular weight is 375 g/mol. The van der Waals surface area contributed by atoms with E-state index >= 15 is 0 Å². The number of sulfonamides is 1. The minimum absolute atomic E-state index is 0.211. The Balaban J connectivity index is 1.70. The van der Waals surface area contributed by atoms with Crippen LogP contribution in [0.3, 0.4) is 0 Å². The monoisotopic (exact) mass is 375 g/mol. The molecule has 2 aromatic carbocycles. The number of hydrogen-bond acceptors (Lipinski definition) is 4. The highest BCUT2D eigenvalue weighted by Crippen LogP contribution is 2.32. The summed E-state index contributed by atoms with van der Waals surface area (Å²) in [5, 5.41) is 0. The second kappa shape index (κ2) is 8.10. The van der Waals surface area contributed by atoms with Crippen LogP contribution in [0, 0.1) is 0 Å². The molecule has 140 valence electrons. The lowest BCUT2D eigenvalue weighted by atomic mass is 9.99. The minimum Gasteiger partial charge on any atom is -0.497 e. The lowest BCUT2D eigenvalue weighted by Crippen LogP contribution is -2.28. The van der Waals surface area contributed by atoms with Crippen molar-refractivity contribution in [3.8, 4) is 11.5 Å². The van der Waals surface area contributed by atoms with E-state index in [1.54, 1.807) is 35.7 Å². The van der Waals surface area contributed by atoms with Crippen LogP contribution >= 0.6 is 0 Å². The zero-order chi connectivity index (χ0) is 18.6. The number of hydrogen-bond donors (Lipinski definition) is 0. The molecule has 1 saturated heterocycles. The average Bonchev–Trinajstić information content (AvgIpc) is 3.18. The Hall–Kier alpha value is -2.05. The van der Waals surface area contributed by atoms with Crippen molar-refractivity contribution < 1.29 is 17.9 Å². The summed E-state index contributed by atoms with van der Waals surface area (Å²) < 4.78 is 38.1. The number of benzene rings is 2. The number of rotatable bonds is 7. The van der Waals surface area contributed by atoms with Crippen LogP contribution in [0.1, 0.15) is 31.2 Å². The smallest absolute Gasteiger partial charge is 0.243 e. The van der Waals surface area contributed by atoms with E-state index in [2.05, 4.69) is 0 Å². The second-order valence-corrected chi connectivity index (χ2v) is 8.38. The van der Waals surface area contributed by atoms with Crippen LogP contribution in [0.2, 0.25) is 0 Å². The molecule has 6 heteroatoms. The van der Waals surface area contributed by atoms with Crippen LogP contribution in [-0.4, -0.2) is 39.5 Å². The lowest BCUT2D eigenvalue weighted by molar-refractivity contribution is 0.317. The van der Waals surface area contributed by atoms with Crippen LogP contribution in [0.5, 0.6) is 11.5 Å². The zero-order valence-corrected chi connectivity index (χ0v) is 16.0. The van der Waals surface area contributed by atoms with Gasteiger partial charge in [0, 0.05) is 13.1 Å². The third kappa shape index (κ3) is 4.02. The molecule has 26 heavy (non-hydrogen) atoms. The Labute approximate surface area is 155 Å². The molecular formula is C20H25NO4S. The van der Waals surface area contributed by atoms with E-state index < -0.39 is 10.0 Å². The van der Waals surface area contributed by atoms with Gasteiger partial charge >= 0.3 is 0 Å². The molecule has 0 saturated carbocycles. The third-order valence-electron chi connectivity index (χ3n) is 4.67. The summed E-state index contributed by atoms with van der Waals surface area (Å²) >= 11 is 0. The fraction of sp³-hybridized carbons (Fsp3) is 0.400. The van der Waals surface area contributed by atoms with E-state index in [1.165, 1.54) is 0 Å². The first-order valence-electron chi connectivity index (χ1n) is 8.91. The number of methoxy groups -OCH3 is 1. The van der Waals surface area contributed by atoms with Crippen molar-refractivity contribution in [1.29, 1.82) is 0 Å². The van der Waals surface area contributed by atoms with Crippen molar-refractivity contribution in [2.45, 2.75) is 30.6 Å². The molecule has 0 amide bonds. The summed E-state index contributed by atoms with van der Waals surface area (Å²) in [6.45, 7) is 3.70. The van der Waals surface area contributed by atoms with E-state index in [1.807, 2.05) is 31.2 Å². The first-order valence-corrected chi connectivity index (χ1v) is 10.4. The van der Waals surface area contributed by atoms with Gasteiger partial charge in [-0.2, -0.15) is 4.31 Å². The highest BCUT2D eigenvalue weighted by Gasteiger charge is 2.33. The maximum absolute atomic E-state index is 12.9. The Bertz CT molecular complexity index is 816. The number of ether oxygens (including phenoxy) is 2. The molecule has 0 aromatic heterocycles. The summed E-state index contributed by atoms with van der Waals surface area (Å²) in [4.78, 5) is 0.316. The summed E-state index contributed by atoms with van der Waals surface area (Å²) in [6, 6.07) is 14.6. The van der Waals surface area contributed by atoms with E-state index in [0.717, 1.165) is 24.2 Å². The van der Waals surface area contributed by atoms with Gasteiger partial charge in [-0.1, -0.05) is 19.1 Å². The highest BCUT2D eigenvalue weighted by molar-refractivity contribution is 7.89. The van der Waals surface area contributed by atoms with Crippen LogP contribution < -0.4 is 9.47 Å². The van der Waals surface area contributed by atoms with Crippen molar-refractivity contribution in [3.63, 3.8) is 0 Å². The van der Waals surface area contributed by atoms with Gasteiger partial charge in [0.25, 0.3) is 0 Å². The predicted octanol–water partition coefficient (Wildman–Crippen LogP) is 3.66. The Kier molecular flexibility index (Phi) is 5.84. The van der Waals surface area contributed by atoms with Crippen molar-refractivity contribution in [2.75, 3.05) is 26.8 Å². The van der Waals surface area contributed by atoms with Gasteiger partial charge in [-0.15, -0.1) is 0 Å². The van der Waals surface area contributed by atoms with E-state index in [9.17, 15) is 8.42 Å². The highest BCUT2D eigenvalue weighted by atomic mass is 32.2. The molecule has 5 nitrogen and oxygen atoms in total. The Morgan fingerprint density at radius 3 is 2.31 bits per heavy atom. The van der Waals surface area contributed by atoms with E-state index in [-0.39, 0.29) is 5.92 Å². The molecule has 1 aliphatic rings. The lowest BCUT2D eigenvalue weighted by Gasteiger charge is -2.17. The maximum atomic E-state index is 12.9. The molecule has 2 aromatic rings. The fourth-order valence-corrected chi connectivity index (χ4v) is 4.67. The van der Waals surface area contributed by atoms with Crippen LogP contribution in [-0.2, 0) is 10.0 Å². The minimum atomic E-state index is -3.48. The predicted molar refractivity (Wildman–Crippen MR) is 101 cm³/mol. The van der Waals surface area contributed by atoms with Gasteiger partial charge in [0.15, 0.2) is 0 Å². The van der Waals surface area contributed by atoms with Gasteiger partial charge in [0.1, 0.15) is 11.5 Å². The molecule has 1 unspecified atom stereocenters. The van der Waals surface area contributed by atoms with Crippen molar-refractivity contribution in [2.24, 2.45) is 0 Å². The van der Waals surface area contributed by atoms with Crippen LogP contribution in [0.25, 0.3) is 0 Å². The molecule has 0 spiro atoms. The largest absolute Gasteiger partial charge is 0.497 e. The summed E-state index contributed by atoms with van der Waals surface area (Å²) in [5.41, 5.74) is 1.15. The van der Waals surface area contributed by atoms with Gasteiger partial charge in [0.2, 0.25) is 10.0 Å². The molecule has 1 atom stereocenters. The zero-order valence-electron chi connectivity index (χ0n) is 15.2. The first-order chi connectivity index (χ1) is 12.5. The fourth-order valence-electron chi connectivity index (χ4n) is 3.17. The molecule has 0 bridgehead atoms. The van der Waals surface area contributed by atoms with E-state index in [4.69, 9.17) is 9.47 Å². The van der Waals surface area contributed by atoms with E-state index in [0.29, 0.717) is 30.3 Å². The SMILES string of the molecule is CCCOc1ccc(S(=O)(=O)N2CCC(c3ccc(OC)cc3)C2)cc1. The molecule has 0 N–H and O–H groups in total. The van der Waals surface area contributed by atoms with Crippen LogP contribution in [0.4, 0.5) is 0 Å². The number of nitrogens with zero attached hydrogens (tertiary/aromatic N) is 1. The standard InChI is InChI=1S/C20H25NO4S/c1-3-14-25-19-8-10-20(11-9-19)26(22,23)21-13-12-17(15-21)16-4-6-18(24-2)7-5-16/h4-11,17H,3,12-15H2,1-2H3. The molecule has 0 radical (unpaired) electrons. The normalized spacial score (nSPS) is 18.0. The molecular weight excluding hydrogens is 350 g/mol. The molecule has 1 fully saturated rings. The van der Waals surface area contributed by atoms with Crippen molar-refractivity contribution in [3.05, 3.63) is 54.1 Å². The Morgan fingerprint density at radius 1 is 1.04 bits per heavy atom. The molecule has 1 heterocycles. The Morgan fingerprint density at radius 2 is 1.69 bits per heavy atom. The van der Waals surface area contributed by atoms with Crippen LogP contribution in [0.15, 0.2) is 53.4 Å². The third-order valence-corrected chi connectivity index (χ3v) is 6.55. The van der Waals surface area contributed by atoms with Gasteiger partial charge < -0.3 is 9.47 Å². The van der Waals surface area contributed by atoms with Gasteiger partial charge in [-0.25, -0.2) is 8.42 Å². The summed E-state index contributed by atoms with van der Waals surface area (Å²) in [6.07, 6.45) is 1.74. The maximum Gasteiger partial charge on any atom is 0.243 e. The van der Waals surface area contributed by atoms with Gasteiger partial charge in [-0.3, -0.25) is 0 Å². The summed E-state index contributed by atoms with van der Waals surface area (Å²) in [7, 11) is -1.84. The second-order valence-electron chi connectivity index (χ2n) is 6.44. The molecule has 0 aliphatic carbocycles. The molecule has 3 rings (SSSR count). The first kappa shape index (κ1) is 18.7. The molecule has 1 aliphatic heterocycles. The van der Waals surface area contributed by atoms with Gasteiger partial charge in [0.05, 0.1) is 18.6 Å². The van der Waals surface area contributed by atoms with Gasteiger partial charge in [-0.05, 0) is 60.7 Å². The van der Waals surface area contributed by atoms with Crippen molar-refractivity contribution in [1.82, 2.24) is 4.31 Å². The quantitative estimate of drug-likeness (QED) is 0.741. The van der Waals surface area contributed by atoms with Crippen molar-refractivity contribution >= 4 is 10.0 Å². The summed E-state index contributed by atoms with van der Waals surface area (Å²) in [5.74, 6) is 1.72.